The number of nitrogen functional groups attached to an aromatic ring is 1. The third kappa shape index (κ3) is 2.54. The van der Waals surface area contributed by atoms with E-state index >= 15 is 0 Å². The highest BCUT2D eigenvalue weighted by Crippen LogP contribution is 2.28. The highest BCUT2D eigenvalue weighted by atomic mass is 35.5. The molecule has 2 aromatic rings. The summed E-state index contributed by atoms with van der Waals surface area (Å²) in [5.74, 6) is 0.0280. The van der Waals surface area contributed by atoms with Crippen molar-refractivity contribution < 1.29 is 13.9 Å². The number of anilines is 2. The van der Waals surface area contributed by atoms with E-state index in [-0.39, 0.29) is 11.7 Å². The molecule has 1 amide bonds. The molecule has 0 aliphatic carbocycles. The zero-order valence-electron chi connectivity index (χ0n) is 9.44. The molecule has 0 atom stereocenters. The van der Waals surface area contributed by atoms with Crippen molar-refractivity contribution >= 4 is 29.2 Å². The van der Waals surface area contributed by atoms with Gasteiger partial charge in [0.1, 0.15) is 12.0 Å². The summed E-state index contributed by atoms with van der Waals surface area (Å²) in [6.45, 7) is 0. The molecule has 6 nitrogen and oxygen atoms in total. The first kappa shape index (κ1) is 12.3. The summed E-state index contributed by atoms with van der Waals surface area (Å²) in [7, 11) is 1.49. The summed E-state index contributed by atoms with van der Waals surface area (Å²) < 4.78 is 9.85. The van der Waals surface area contributed by atoms with Crippen molar-refractivity contribution in [3.8, 4) is 5.75 Å². The smallest absolute Gasteiger partial charge is 0.292 e. The molecule has 0 bridgehead atoms. The molecular formula is C11H10ClN3O3. The molecule has 0 radical (unpaired) electrons. The number of benzene rings is 1. The average Bonchev–Trinajstić information content (AvgIpc) is 2.76. The van der Waals surface area contributed by atoms with Crippen molar-refractivity contribution in [2.24, 2.45) is 0 Å². The number of carbonyl (C=O) groups excluding carboxylic acids is 1. The average molecular weight is 268 g/mol. The van der Waals surface area contributed by atoms with Crippen molar-refractivity contribution in [2.45, 2.75) is 0 Å². The van der Waals surface area contributed by atoms with E-state index in [0.717, 1.165) is 0 Å². The zero-order valence-corrected chi connectivity index (χ0v) is 10.2. The van der Waals surface area contributed by atoms with Gasteiger partial charge in [0.25, 0.3) is 11.9 Å². The van der Waals surface area contributed by atoms with Gasteiger partial charge in [0.2, 0.25) is 0 Å². The minimum absolute atomic E-state index is 0.0711. The lowest BCUT2D eigenvalue weighted by atomic mass is 10.3. The summed E-state index contributed by atoms with van der Waals surface area (Å²) >= 11 is 5.85. The molecule has 0 aliphatic heterocycles. The van der Waals surface area contributed by atoms with Crippen molar-refractivity contribution in [3.05, 3.63) is 35.2 Å². The van der Waals surface area contributed by atoms with Gasteiger partial charge in [-0.15, -0.1) is 0 Å². The number of amides is 1. The van der Waals surface area contributed by atoms with Crippen LogP contribution in [0.3, 0.4) is 0 Å². The fraction of sp³-hybridized carbons (Fsp3) is 0.0909. The van der Waals surface area contributed by atoms with Crippen LogP contribution >= 0.6 is 11.6 Å². The Kier molecular flexibility index (Phi) is 3.38. The number of oxazole rings is 1. The fourth-order valence-corrected chi connectivity index (χ4v) is 1.53. The van der Waals surface area contributed by atoms with Crippen LogP contribution < -0.4 is 15.8 Å². The van der Waals surface area contributed by atoms with Gasteiger partial charge in [-0.05, 0) is 18.2 Å². The topological polar surface area (TPSA) is 90.4 Å². The van der Waals surface area contributed by atoms with Crippen LogP contribution in [0.5, 0.6) is 5.75 Å². The van der Waals surface area contributed by atoms with E-state index in [9.17, 15) is 4.79 Å². The predicted molar refractivity (Wildman–Crippen MR) is 66.9 cm³/mol. The highest BCUT2D eigenvalue weighted by Gasteiger charge is 2.13. The molecule has 0 spiro atoms. The number of aromatic nitrogens is 1. The van der Waals surface area contributed by atoms with Gasteiger partial charge in [-0.1, -0.05) is 11.6 Å². The third-order valence-electron chi connectivity index (χ3n) is 2.16. The number of nitrogens with two attached hydrogens (primary N) is 1. The molecule has 7 heteroatoms. The van der Waals surface area contributed by atoms with E-state index in [0.29, 0.717) is 16.5 Å². The maximum absolute atomic E-state index is 11.8. The van der Waals surface area contributed by atoms with Gasteiger partial charge in [0.05, 0.1) is 12.8 Å². The van der Waals surface area contributed by atoms with E-state index < -0.39 is 5.91 Å². The number of hydrogen-bond acceptors (Lipinski definition) is 5. The summed E-state index contributed by atoms with van der Waals surface area (Å²) in [6.07, 6.45) is 1.17. The Morgan fingerprint density at radius 1 is 1.56 bits per heavy atom. The Hall–Kier alpha value is -2.21. The normalized spacial score (nSPS) is 10.1. The van der Waals surface area contributed by atoms with Crippen LogP contribution in [0.4, 0.5) is 11.7 Å². The van der Waals surface area contributed by atoms with Gasteiger partial charge in [-0.25, -0.2) is 0 Å². The lowest BCUT2D eigenvalue weighted by molar-refractivity contribution is 0.102. The lowest BCUT2D eigenvalue weighted by Crippen LogP contribution is -2.13. The van der Waals surface area contributed by atoms with Gasteiger partial charge in [0, 0.05) is 5.02 Å². The fourth-order valence-electron chi connectivity index (χ4n) is 1.36. The molecule has 1 aromatic carbocycles. The second kappa shape index (κ2) is 4.97. The van der Waals surface area contributed by atoms with Gasteiger partial charge in [0.15, 0.2) is 5.69 Å². The molecule has 0 unspecified atom stereocenters. The van der Waals surface area contributed by atoms with Crippen molar-refractivity contribution in [1.29, 1.82) is 0 Å². The highest BCUT2D eigenvalue weighted by molar-refractivity contribution is 6.31. The number of carbonyl (C=O) groups is 1. The molecule has 18 heavy (non-hydrogen) atoms. The van der Waals surface area contributed by atoms with Gasteiger partial charge in [-0.3, -0.25) is 4.79 Å². The van der Waals surface area contributed by atoms with Crippen LogP contribution in [0.2, 0.25) is 5.02 Å². The summed E-state index contributed by atoms with van der Waals surface area (Å²) in [4.78, 5) is 15.5. The van der Waals surface area contributed by atoms with Crippen LogP contribution in [-0.2, 0) is 0 Å². The molecule has 0 saturated carbocycles. The van der Waals surface area contributed by atoms with Crippen LogP contribution in [0.1, 0.15) is 10.5 Å². The summed E-state index contributed by atoms with van der Waals surface area (Å²) in [5, 5.41) is 3.08. The summed E-state index contributed by atoms with van der Waals surface area (Å²) in [6, 6.07) is 4.80. The molecule has 1 aromatic heterocycles. The van der Waals surface area contributed by atoms with Crippen LogP contribution in [0.25, 0.3) is 0 Å². The minimum Gasteiger partial charge on any atom is -0.495 e. The van der Waals surface area contributed by atoms with E-state index in [4.69, 9.17) is 26.5 Å². The van der Waals surface area contributed by atoms with Crippen molar-refractivity contribution in [3.63, 3.8) is 0 Å². The SMILES string of the molecule is COc1ccc(Cl)cc1NC(=O)c1coc(N)n1. The van der Waals surface area contributed by atoms with E-state index in [1.165, 1.54) is 13.4 Å². The number of rotatable bonds is 3. The molecule has 94 valence electrons. The lowest BCUT2D eigenvalue weighted by Gasteiger charge is -2.09. The zero-order chi connectivity index (χ0) is 13.1. The Morgan fingerprint density at radius 2 is 2.33 bits per heavy atom. The molecule has 2 rings (SSSR count). The van der Waals surface area contributed by atoms with E-state index in [2.05, 4.69) is 10.3 Å². The summed E-state index contributed by atoms with van der Waals surface area (Å²) in [5.41, 5.74) is 5.81. The molecule has 3 N–H and O–H groups in total. The second-order valence-corrected chi connectivity index (χ2v) is 3.81. The molecule has 0 saturated heterocycles. The van der Waals surface area contributed by atoms with Gasteiger partial charge in [-0.2, -0.15) is 4.98 Å². The molecule has 0 fully saturated rings. The largest absolute Gasteiger partial charge is 0.495 e. The van der Waals surface area contributed by atoms with Crippen molar-refractivity contribution in [1.82, 2.24) is 4.98 Å². The number of nitrogens with one attached hydrogen (secondary N) is 1. The van der Waals surface area contributed by atoms with Crippen LogP contribution in [0.15, 0.2) is 28.9 Å². The standard InChI is InChI=1S/C11H10ClN3O3/c1-17-9-3-2-6(12)4-7(9)14-10(16)8-5-18-11(13)15-8/h2-5H,1H3,(H2,13,15)(H,14,16). The maximum atomic E-state index is 11.8. The van der Waals surface area contributed by atoms with E-state index in [1.807, 2.05) is 0 Å². The number of methoxy groups -OCH3 is 1. The quantitative estimate of drug-likeness (QED) is 0.889. The monoisotopic (exact) mass is 267 g/mol. The number of hydrogen-bond donors (Lipinski definition) is 2. The second-order valence-electron chi connectivity index (χ2n) is 3.37. The Bertz CT molecular complexity index is 583. The van der Waals surface area contributed by atoms with Crippen LogP contribution in [-0.4, -0.2) is 18.0 Å². The predicted octanol–water partition coefficient (Wildman–Crippen LogP) is 2.17. The first-order valence-electron chi connectivity index (χ1n) is 4.96. The number of ether oxygens (including phenoxy) is 1. The Morgan fingerprint density at radius 3 is 2.94 bits per heavy atom. The van der Waals surface area contributed by atoms with Gasteiger partial charge < -0.3 is 20.2 Å². The maximum Gasteiger partial charge on any atom is 0.292 e. The molecular weight excluding hydrogens is 258 g/mol. The number of halogens is 1. The number of nitrogens with zero attached hydrogens (tertiary/aromatic N) is 1. The van der Waals surface area contributed by atoms with Gasteiger partial charge >= 0.3 is 0 Å². The minimum atomic E-state index is -0.462. The van der Waals surface area contributed by atoms with Crippen LogP contribution in [0, 0.1) is 0 Å². The first-order valence-corrected chi connectivity index (χ1v) is 5.34. The van der Waals surface area contributed by atoms with Crippen molar-refractivity contribution in [2.75, 3.05) is 18.2 Å². The van der Waals surface area contributed by atoms with E-state index in [1.54, 1.807) is 18.2 Å². The third-order valence-corrected chi connectivity index (χ3v) is 2.40. The Labute approximate surface area is 108 Å². The molecule has 0 aliphatic rings. The molecule has 1 heterocycles. The first-order chi connectivity index (χ1) is 8.60. The Balaban J connectivity index is 2.23.